The molecular weight excluding hydrogens is 320 g/mol. The van der Waals surface area contributed by atoms with Gasteiger partial charge in [-0.2, -0.15) is 0 Å². The standard InChI is InChI=1S/C12H11ClN2O3S2/c1-8-10(3-2-6-14-8)12(16)15-7-9-4-5-11(19-9)20(13,17)18/h2-6H,7H2,1H3,(H,15,16). The quantitative estimate of drug-likeness (QED) is 0.873. The predicted octanol–water partition coefficient (Wildman–Crippen LogP) is 2.31. The molecule has 2 rings (SSSR count). The third-order valence-corrected chi connectivity index (χ3v) is 5.73. The normalized spacial score (nSPS) is 11.3. The molecule has 1 N–H and O–H groups in total. The number of aryl methyl sites for hydroxylation is 1. The van der Waals surface area contributed by atoms with Crippen molar-refractivity contribution in [2.75, 3.05) is 0 Å². The summed E-state index contributed by atoms with van der Waals surface area (Å²) in [5.74, 6) is -0.251. The number of carbonyl (C=O) groups is 1. The van der Waals surface area contributed by atoms with Crippen LogP contribution in [0.3, 0.4) is 0 Å². The van der Waals surface area contributed by atoms with Gasteiger partial charge in [-0.1, -0.05) is 0 Å². The van der Waals surface area contributed by atoms with Crippen LogP contribution in [0.1, 0.15) is 20.9 Å². The van der Waals surface area contributed by atoms with Gasteiger partial charge >= 0.3 is 0 Å². The van der Waals surface area contributed by atoms with Gasteiger partial charge < -0.3 is 5.32 Å². The fraction of sp³-hybridized carbons (Fsp3) is 0.167. The number of hydrogen-bond donors (Lipinski definition) is 1. The molecule has 2 aromatic heterocycles. The highest BCUT2D eigenvalue weighted by Crippen LogP contribution is 2.24. The van der Waals surface area contributed by atoms with E-state index in [1.54, 1.807) is 31.3 Å². The Kier molecular flexibility index (Phi) is 4.42. The van der Waals surface area contributed by atoms with Crippen LogP contribution < -0.4 is 5.32 Å². The van der Waals surface area contributed by atoms with Crippen LogP contribution in [0, 0.1) is 6.92 Å². The van der Waals surface area contributed by atoms with E-state index in [0.717, 1.165) is 11.3 Å². The van der Waals surface area contributed by atoms with Gasteiger partial charge in [-0.05, 0) is 31.2 Å². The molecule has 2 heterocycles. The van der Waals surface area contributed by atoms with Crippen LogP contribution in [0.15, 0.2) is 34.7 Å². The van der Waals surface area contributed by atoms with Gasteiger partial charge in [-0.15, -0.1) is 11.3 Å². The second-order valence-electron chi connectivity index (χ2n) is 3.98. The first-order valence-corrected chi connectivity index (χ1v) is 8.73. The summed E-state index contributed by atoms with van der Waals surface area (Å²) in [6, 6.07) is 6.41. The lowest BCUT2D eigenvalue weighted by Crippen LogP contribution is -2.23. The highest BCUT2D eigenvalue weighted by molar-refractivity contribution is 8.15. The van der Waals surface area contributed by atoms with Crippen molar-refractivity contribution in [3.05, 3.63) is 46.6 Å². The Morgan fingerprint density at radius 1 is 1.40 bits per heavy atom. The van der Waals surface area contributed by atoms with Crippen molar-refractivity contribution in [1.29, 1.82) is 0 Å². The number of carbonyl (C=O) groups excluding carboxylic acids is 1. The fourth-order valence-electron chi connectivity index (χ4n) is 1.57. The molecule has 0 saturated carbocycles. The first-order valence-electron chi connectivity index (χ1n) is 5.61. The molecule has 0 spiro atoms. The number of thiophene rings is 1. The Balaban J connectivity index is 2.04. The molecule has 0 radical (unpaired) electrons. The van der Waals surface area contributed by atoms with Crippen LogP contribution in [-0.4, -0.2) is 19.3 Å². The molecule has 1 amide bonds. The zero-order valence-electron chi connectivity index (χ0n) is 10.5. The zero-order chi connectivity index (χ0) is 14.8. The molecule has 0 aromatic carbocycles. The topological polar surface area (TPSA) is 76.1 Å². The molecule has 0 saturated heterocycles. The van der Waals surface area contributed by atoms with E-state index in [4.69, 9.17) is 10.7 Å². The molecule has 0 unspecified atom stereocenters. The summed E-state index contributed by atoms with van der Waals surface area (Å²) in [5.41, 5.74) is 1.13. The second kappa shape index (κ2) is 5.90. The number of nitrogens with one attached hydrogen (secondary N) is 1. The number of hydrogen-bond acceptors (Lipinski definition) is 5. The van der Waals surface area contributed by atoms with Crippen molar-refractivity contribution in [2.24, 2.45) is 0 Å². The summed E-state index contributed by atoms with van der Waals surface area (Å²) in [4.78, 5) is 16.7. The largest absolute Gasteiger partial charge is 0.347 e. The number of nitrogens with zero attached hydrogens (tertiary/aromatic N) is 1. The lowest BCUT2D eigenvalue weighted by atomic mass is 10.2. The molecule has 0 aliphatic rings. The Morgan fingerprint density at radius 2 is 2.15 bits per heavy atom. The maximum atomic E-state index is 12.0. The lowest BCUT2D eigenvalue weighted by Gasteiger charge is -2.05. The van der Waals surface area contributed by atoms with Crippen LogP contribution in [-0.2, 0) is 15.6 Å². The number of pyridine rings is 1. The van der Waals surface area contributed by atoms with Crippen LogP contribution in [0.4, 0.5) is 0 Å². The summed E-state index contributed by atoms with van der Waals surface area (Å²) in [7, 11) is 1.53. The number of halogens is 1. The zero-order valence-corrected chi connectivity index (χ0v) is 12.8. The fourth-order valence-corrected chi connectivity index (χ4v) is 3.63. The Labute approximate surface area is 125 Å². The van der Waals surface area contributed by atoms with E-state index in [0.29, 0.717) is 16.1 Å². The van der Waals surface area contributed by atoms with Crippen LogP contribution >= 0.6 is 22.0 Å². The third-order valence-electron chi connectivity index (χ3n) is 2.55. The second-order valence-corrected chi connectivity index (χ2v) is 7.94. The first-order chi connectivity index (χ1) is 9.38. The molecule has 5 nitrogen and oxygen atoms in total. The highest BCUT2D eigenvalue weighted by Gasteiger charge is 2.14. The molecular formula is C12H11ClN2O3S2. The molecule has 0 bridgehead atoms. The van der Waals surface area contributed by atoms with Gasteiger partial charge in [0.25, 0.3) is 15.0 Å². The predicted molar refractivity (Wildman–Crippen MR) is 77.5 cm³/mol. The molecule has 20 heavy (non-hydrogen) atoms. The van der Waals surface area contributed by atoms with E-state index in [9.17, 15) is 13.2 Å². The van der Waals surface area contributed by atoms with Crippen molar-refractivity contribution < 1.29 is 13.2 Å². The van der Waals surface area contributed by atoms with Gasteiger partial charge in [-0.3, -0.25) is 9.78 Å². The molecule has 0 atom stereocenters. The molecule has 0 aliphatic carbocycles. The van der Waals surface area contributed by atoms with Gasteiger partial charge in [-0.25, -0.2) is 8.42 Å². The van der Waals surface area contributed by atoms with Crippen molar-refractivity contribution in [2.45, 2.75) is 17.7 Å². The SMILES string of the molecule is Cc1ncccc1C(=O)NCc1ccc(S(=O)(=O)Cl)s1. The van der Waals surface area contributed by atoms with Crippen LogP contribution in [0.25, 0.3) is 0 Å². The Hall–Kier alpha value is -1.44. The summed E-state index contributed by atoms with van der Waals surface area (Å²) in [6.45, 7) is 1.99. The van der Waals surface area contributed by atoms with Crippen LogP contribution in [0.5, 0.6) is 0 Å². The average Bonchev–Trinajstić information content (AvgIpc) is 2.85. The van der Waals surface area contributed by atoms with E-state index in [2.05, 4.69) is 10.3 Å². The summed E-state index contributed by atoms with van der Waals surface area (Å²) < 4.78 is 22.3. The highest BCUT2D eigenvalue weighted by atomic mass is 35.7. The van der Waals surface area contributed by atoms with Crippen molar-refractivity contribution in [3.8, 4) is 0 Å². The van der Waals surface area contributed by atoms with E-state index in [1.165, 1.54) is 6.07 Å². The summed E-state index contributed by atoms with van der Waals surface area (Å²) in [5, 5.41) is 2.71. The van der Waals surface area contributed by atoms with Gasteiger partial charge in [0, 0.05) is 27.5 Å². The molecule has 2 aromatic rings. The monoisotopic (exact) mass is 330 g/mol. The number of aromatic nitrogens is 1. The smallest absolute Gasteiger partial charge is 0.270 e. The van der Waals surface area contributed by atoms with Gasteiger partial charge in [0.2, 0.25) is 0 Å². The Morgan fingerprint density at radius 3 is 2.75 bits per heavy atom. The van der Waals surface area contributed by atoms with Crippen molar-refractivity contribution in [3.63, 3.8) is 0 Å². The third kappa shape index (κ3) is 3.56. The molecule has 106 valence electrons. The van der Waals surface area contributed by atoms with Gasteiger partial charge in [0.15, 0.2) is 0 Å². The minimum Gasteiger partial charge on any atom is -0.347 e. The molecule has 0 aliphatic heterocycles. The minimum atomic E-state index is -3.71. The Bertz CT molecular complexity index is 741. The van der Waals surface area contributed by atoms with Gasteiger partial charge in [0.1, 0.15) is 4.21 Å². The first kappa shape index (κ1) is 15.0. The summed E-state index contributed by atoms with van der Waals surface area (Å²) >= 11 is 1.03. The van der Waals surface area contributed by atoms with Crippen molar-refractivity contribution in [1.82, 2.24) is 10.3 Å². The van der Waals surface area contributed by atoms with Crippen LogP contribution in [0.2, 0.25) is 0 Å². The van der Waals surface area contributed by atoms with E-state index in [1.807, 2.05) is 0 Å². The van der Waals surface area contributed by atoms with E-state index in [-0.39, 0.29) is 16.7 Å². The maximum absolute atomic E-state index is 12.0. The van der Waals surface area contributed by atoms with E-state index < -0.39 is 9.05 Å². The minimum absolute atomic E-state index is 0.0703. The number of rotatable bonds is 4. The maximum Gasteiger partial charge on any atom is 0.270 e. The van der Waals surface area contributed by atoms with E-state index >= 15 is 0 Å². The van der Waals surface area contributed by atoms with Crippen molar-refractivity contribution >= 4 is 37.0 Å². The lowest BCUT2D eigenvalue weighted by molar-refractivity contribution is 0.0950. The summed E-state index contributed by atoms with van der Waals surface area (Å²) in [6.07, 6.45) is 1.61. The van der Waals surface area contributed by atoms with Gasteiger partial charge in [0.05, 0.1) is 12.1 Å². The molecule has 8 heteroatoms. The number of amides is 1. The average molecular weight is 331 g/mol. The molecule has 0 fully saturated rings.